The fourth-order valence-electron chi connectivity index (χ4n) is 1.00. The largest absolute Gasteiger partial charge is 0.493 e. The Balaban J connectivity index is 2.64. The molecule has 0 N–H and O–H groups in total. The van der Waals surface area contributed by atoms with Crippen LogP contribution in [0.3, 0.4) is 0 Å². The summed E-state index contributed by atoms with van der Waals surface area (Å²) in [5.74, 6) is 1.49. The summed E-state index contributed by atoms with van der Waals surface area (Å²) in [4.78, 5) is 0. The first-order valence-electron chi connectivity index (χ1n) is 4.60. The second-order valence-electron chi connectivity index (χ2n) is 3.58. The van der Waals surface area contributed by atoms with E-state index in [1.807, 2.05) is 18.2 Å². The van der Waals surface area contributed by atoms with E-state index in [1.165, 1.54) is 5.56 Å². The molecule has 1 nitrogen and oxygen atoms in total. The van der Waals surface area contributed by atoms with Crippen LogP contribution in [0.5, 0.6) is 5.75 Å². The molecule has 1 aromatic carbocycles. The molecular formula is C11H14Br2O. The second-order valence-corrected chi connectivity index (χ2v) is 6.64. The fourth-order valence-corrected chi connectivity index (χ4v) is 1.57. The third-order valence-corrected chi connectivity index (χ3v) is 2.75. The van der Waals surface area contributed by atoms with Crippen LogP contribution in [-0.2, 0) is 0 Å². The van der Waals surface area contributed by atoms with Gasteiger partial charge < -0.3 is 4.74 Å². The van der Waals surface area contributed by atoms with Crippen molar-refractivity contribution >= 4 is 31.9 Å². The minimum absolute atomic E-state index is 0.192. The highest BCUT2D eigenvalue weighted by atomic mass is 79.9. The molecule has 0 aromatic heterocycles. The highest BCUT2D eigenvalue weighted by Crippen LogP contribution is 2.31. The number of hydrogen-bond acceptors (Lipinski definition) is 1. The summed E-state index contributed by atoms with van der Waals surface area (Å²) in [6.45, 7) is 5.04. The number of hydrogen-bond donors (Lipinski definition) is 0. The topological polar surface area (TPSA) is 9.23 Å². The number of ether oxygens (including phenoxy) is 1. The molecule has 3 heteroatoms. The SMILES string of the molecule is CC(C)COc1cccc(C(Br)Br)c1. The average molecular weight is 322 g/mol. The van der Waals surface area contributed by atoms with E-state index in [2.05, 4.69) is 51.8 Å². The minimum Gasteiger partial charge on any atom is -0.493 e. The van der Waals surface area contributed by atoms with Gasteiger partial charge in [0, 0.05) is 0 Å². The molecule has 0 aliphatic heterocycles. The van der Waals surface area contributed by atoms with Gasteiger partial charge in [0.2, 0.25) is 0 Å². The monoisotopic (exact) mass is 320 g/mol. The summed E-state index contributed by atoms with van der Waals surface area (Å²) in [6.07, 6.45) is 0. The van der Waals surface area contributed by atoms with Gasteiger partial charge in [0.15, 0.2) is 0 Å². The van der Waals surface area contributed by atoms with Crippen molar-refractivity contribution in [3.63, 3.8) is 0 Å². The summed E-state index contributed by atoms with van der Waals surface area (Å²) in [5.41, 5.74) is 1.17. The van der Waals surface area contributed by atoms with E-state index < -0.39 is 0 Å². The molecule has 0 aliphatic rings. The molecule has 0 saturated carbocycles. The lowest BCUT2D eigenvalue weighted by atomic mass is 10.2. The second kappa shape index (κ2) is 5.76. The first-order valence-corrected chi connectivity index (χ1v) is 6.43. The van der Waals surface area contributed by atoms with Crippen LogP contribution in [-0.4, -0.2) is 6.61 Å². The van der Waals surface area contributed by atoms with E-state index in [9.17, 15) is 0 Å². The first-order chi connectivity index (χ1) is 6.59. The Hall–Kier alpha value is -0.0200. The van der Waals surface area contributed by atoms with Crippen molar-refractivity contribution < 1.29 is 4.74 Å². The molecule has 0 bridgehead atoms. The maximum atomic E-state index is 5.62. The van der Waals surface area contributed by atoms with Gasteiger partial charge in [-0.25, -0.2) is 0 Å². The predicted octanol–water partition coefficient (Wildman–Crippen LogP) is 4.51. The molecule has 0 fully saturated rings. The van der Waals surface area contributed by atoms with Gasteiger partial charge >= 0.3 is 0 Å². The Kier molecular flexibility index (Phi) is 4.96. The van der Waals surface area contributed by atoms with Crippen LogP contribution in [0.2, 0.25) is 0 Å². The molecule has 0 amide bonds. The molecule has 0 unspecified atom stereocenters. The lowest BCUT2D eigenvalue weighted by Crippen LogP contribution is -2.04. The third-order valence-electron chi connectivity index (χ3n) is 1.69. The summed E-state index contributed by atoms with van der Waals surface area (Å²) >= 11 is 6.92. The number of alkyl halides is 2. The van der Waals surface area contributed by atoms with E-state index in [1.54, 1.807) is 0 Å². The van der Waals surface area contributed by atoms with E-state index >= 15 is 0 Å². The van der Waals surface area contributed by atoms with Crippen molar-refractivity contribution in [3.8, 4) is 5.75 Å². The van der Waals surface area contributed by atoms with Crippen molar-refractivity contribution in [3.05, 3.63) is 29.8 Å². The van der Waals surface area contributed by atoms with Crippen LogP contribution < -0.4 is 4.74 Å². The Bertz CT molecular complexity index is 284. The standard InChI is InChI=1S/C11H14Br2O/c1-8(2)7-14-10-5-3-4-9(6-10)11(12)13/h3-6,8,11H,7H2,1-2H3. The van der Waals surface area contributed by atoms with E-state index in [0.717, 1.165) is 12.4 Å². The van der Waals surface area contributed by atoms with Gasteiger partial charge in [-0.05, 0) is 23.6 Å². The zero-order valence-electron chi connectivity index (χ0n) is 8.34. The smallest absolute Gasteiger partial charge is 0.119 e. The third kappa shape index (κ3) is 4.01. The normalized spacial score (nSPS) is 11.0. The Morgan fingerprint density at radius 1 is 1.29 bits per heavy atom. The lowest BCUT2D eigenvalue weighted by molar-refractivity contribution is 0.271. The van der Waals surface area contributed by atoms with Crippen LogP contribution in [0, 0.1) is 5.92 Å². The van der Waals surface area contributed by atoms with Crippen molar-refractivity contribution in [1.29, 1.82) is 0 Å². The first kappa shape index (κ1) is 12.1. The maximum absolute atomic E-state index is 5.62. The number of benzene rings is 1. The van der Waals surface area contributed by atoms with Gasteiger partial charge in [-0.2, -0.15) is 0 Å². The zero-order valence-corrected chi connectivity index (χ0v) is 11.5. The van der Waals surface area contributed by atoms with Crippen LogP contribution in [0.4, 0.5) is 0 Å². The van der Waals surface area contributed by atoms with Crippen LogP contribution in [0.1, 0.15) is 23.1 Å². The molecule has 0 radical (unpaired) electrons. The van der Waals surface area contributed by atoms with E-state index in [0.29, 0.717) is 5.92 Å². The molecule has 14 heavy (non-hydrogen) atoms. The van der Waals surface area contributed by atoms with Gasteiger partial charge in [-0.15, -0.1) is 0 Å². The Labute approximate surface area is 102 Å². The molecule has 0 spiro atoms. The fraction of sp³-hybridized carbons (Fsp3) is 0.455. The molecule has 78 valence electrons. The van der Waals surface area contributed by atoms with Crippen molar-refractivity contribution in [1.82, 2.24) is 0 Å². The van der Waals surface area contributed by atoms with Gasteiger partial charge in [0.25, 0.3) is 0 Å². The quantitative estimate of drug-likeness (QED) is 0.741. The molecule has 1 rings (SSSR count). The highest BCUT2D eigenvalue weighted by molar-refractivity contribution is 9.24. The van der Waals surface area contributed by atoms with Crippen LogP contribution in [0.15, 0.2) is 24.3 Å². The summed E-state index contributed by atoms with van der Waals surface area (Å²) in [5, 5.41) is 0. The summed E-state index contributed by atoms with van der Waals surface area (Å²) in [7, 11) is 0. The Morgan fingerprint density at radius 2 is 2.00 bits per heavy atom. The van der Waals surface area contributed by atoms with Gasteiger partial charge in [-0.3, -0.25) is 0 Å². The van der Waals surface area contributed by atoms with E-state index in [4.69, 9.17) is 4.74 Å². The molecular weight excluding hydrogens is 308 g/mol. The van der Waals surface area contributed by atoms with Gasteiger partial charge in [0.05, 0.1) is 10.3 Å². The zero-order chi connectivity index (χ0) is 10.6. The number of rotatable bonds is 4. The van der Waals surface area contributed by atoms with E-state index in [-0.39, 0.29) is 3.74 Å². The average Bonchev–Trinajstić information content (AvgIpc) is 2.15. The van der Waals surface area contributed by atoms with Gasteiger partial charge in [-0.1, -0.05) is 57.8 Å². The van der Waals surface area contributed by atoms with Crippen LogP contribution >= 0.6 is 31.9 Å². The molecule has 0 aliphatic carbocycles. The maximum Gasteiger partial charge on any atom is 0.119 e. The number of halogens is 2. The molecule has 0 atom stereocenters. The van der Waals surface area contributed by atoms with Crippen molar-refractivity contribution in [2.75, 3.05) is 6.61 Å². The molecule has 0 heterocycles. The predicted molar refractivity (Wildman–Crippen MR) is 67.4 cm³/mol. The highest BCUT2D eigenvalue weighted by Gasteiger charge is 2.03. The van der Waals surface area contributed by atoms with Crippen molar-refractivity contribution in [2.24, 2.45) is 5.92 Å². The Morgan fingerprint density at radius 3 is 2.57 bits per heavy atom. The minimum atomic E-state index is 0.192. The summed E-state index contributed by atoms with van der Waals surface area (Å²) in [6, 6.07) is 8.07. The summed E-state index contributed by atoms with van der Waals surface area (Å²) < 4.78 is 5.81. The van der Waals surface area contributed by atoms with Crippen molar-refractivity contribution in [2.45, 2.75) is 17.6 Å². The van der Waals surface area contributed by atoms with Gasteiger partial charge in [0.1, 0.15) is 5.75 Å². The van der Waals surface area contributed by atoms with Crippen LogP contribution in [0.25, 0.3) is 0 Å². The molecule has 1 aromatic rings. The lowest BCUT2D eigenvalue weighted by Gasteiger charge is -2.10. The molecule has 0 saturated heterocycles.